The van der Waals surface area contributed by atoms with E-state index in [0.29, 0.717) is 11.1 Å². The third kappa shape index (κ3) is 3.60. The Kier molecular flexibility index (Phi) is 4.81. The summed E-state index contributed by atoms with van der Waals surface area (Å²) in [5, 5.41) is 9.73. The number of rotatable bonds is 4. The Bertz CT molecular complexity index is 1340. The van der Waals surface area contributed by atoms with Gasteiger partial charge in [-0.25, -0.2) is 9.78 Å². The number of furan rings is 1. The third-order valence-electron chi connectivity index (χ3n) is 5.46. The van der Waals surface area contributed by atoms with Gasteiger partial charge in [-0.3, -0.25) is 0 Å². The molecule has 0 N–H and O–H groups in total. The fraction of sp³-hybridized carbons (Fsp3) is 0.115. The summed E-state index contributed by atoms with van der Waals surface area (Å²) in [4.78, 5) is 18.0. The number of allylic oxidation sites excluding steroid dienone is 1. The van der Waals surface area contributed by atoms with Crippen LogP contribution < -0.4 is 0 Å². The number of para-hydroxylation sites is 1. The minimum Gasteiger partial charge on any atom is -0.465 e. The molecule has 5 heteroatoms. The zero-order valence-corrected chi connectivity index (χ0v) is 16.7. The predicted octanol–water partition coefficient (Wildman–Crippen LogP) is 5.54. The van der Waals surface area contributed by atoms with Gasteiger partial charge in [-0.2, -0.15) is 5.26 Å². The third-order valence-corrected chi connectivity index (χ3v) is 5.46. The largest absolute Gasteiger partial charge is 0.465 e. The maximum absolute atomic E-state index is 13.2. The summed E-state index contributed by atoms with van der Waals surface area (Å²) in [6.45, 7) is 0.144. The van der Waals surface area contributed by atoms with Crippen LogP contribution in [0.1, 0.15) is 44.9 Å². The molecule has 2 aromatic heterocycles. The number of hydrogen-bond acceptors (Lipinski definition) is 5. The van der Waals surface area contributed by atoms with Gasteiger partial charge in [0, 0.05) is 5.39 Å². The first kappa shape index (κ1) is 18.8. The van der Waals surface area contributed by atoms with Crippen molar-refractivity contribution in [3.63, 3.8) is 0 Å². The topological polar surface area (TPSA) is 76.1 Å². The molecule has 0 aliphatic heterocycles. The fourth-order valence-corrected chi connectivity index (χ4v) is 3.95. The molecule has 31 heavy (non-hydrogen) atoms. The van der Waals surface area contributed by atoms with Crippen molar-refractivity contribution >= 4 is 28.5 Å². The maximum atomic E-state index is 13.2. The van der Waals surface area contributed by atoms with Gasteiger partial charge in [0.25, 0.3) is 0 Å². The summed E-state index contributed by atoms with van der Waals surface area (Å²) in [5.74, 6) is 0.404. The first-order valence-corrected chi connectivity index (χ1v) is 10.0. The van der Waals surface area contributed by atoms with E-state index in [-0.39, 0.29) is 12.6 Å². The van der Waals surface area contributed by atoms with E-state index >= 15 is 0 Å². The van der Waals surface area contributed by atoms with Gasteiger partial charge in [0.2, 0.25) is 0 Å². The second kappa shape index (κ2) is 7.92. The Labute approximate surface area is 179 Å². The number of carbonyl (C=O) groups excluding carboxylic acids is 1. The standard InChI is InChI=1S/C26H18N2O3/c27-15-17-7-9-18(10-8-17)16-31-26(29)24-21-5-1-2-6-23(21)28-25-19(11-12-22(24)25)14-20-4-3-13-30-20/h1-10,13-14H,11-12,16H2. The molecule has 5 nitrogen and oxygen atoms in total. The zero-order chi connectivity index (χ0) is 21.2. The van der Waals surface area contributed by atoms with Gasteiger partial charge in [0.15, 0.2) is 0 Å². The highest BCUT2D eigenvalue weighted by atomic mass is 16.5. The Balaban J connectivity index is 1.52. The molecule has 1 aliphatic rings. The van der Waals surface area contributed by atoms with Crippen LogP contribution in [0.3, 0.4) is 0 Å². The molecule has 0 amide bonds. The number of benzene rings is 2. The molecule has 0 radical (unpaired) electrons. The van der Waals surface area contributed by atoms with E-state index in [1.165, 1.54) is 0 Å². The van der Waals surface area contributed by atoms with Gasteiger partial charge in [-0.1, -0.05) is 30.3 Å². The summed E-state index contributed by atoms with van der Waals surface area (Å²) in [6.07, 6.45) is 5.14. The van der Waals surface area contributed by atoms with E-state index < -0.39 is 0 Å². The Morgan fingerprint density at radius 3 is 2.71 bits per heavy atom. The Morgan fingerprint density at radius 2 is 1.94 bits per heavy atom. The molecule has 2 heterocycles. The molecule has 0 fully saturated rings. The minimum absolute atomic E-state index is 0.144. The van der Waals surface area contributed by atoms with Crippen LogP contribution in [0.5, 0.6) is 0 Å². The van der Waals surface area contributed by atoms with E-state index in [0.717, 1.165) is 51.9 Å². The normalized spacial score (nSPS) is 13.8. The molecule has 0 saturated heterocycles. The summed E-state index contributed by atoms with van der Waals surface area (Å²) in [7, 11) is 0. The lowest BCUT2D eigenvalue weighted by atomic mass is 10.0. The summed E-state index contributed by atoms with van der Waals surface area (Å²) < 4.78 is 11.1. The van der Waals surface area contributed by atoms with Crippen molar-refractivity contribution in [2.75, 3.05) is 0 Å². The van der Waals surface area contributed by atoms with Crippen molar-refractivity contribution in [1.29, 1.82) is 5.26 Å². The average molecular weight is 406 g/mol. The number of esters is 1. The van der Waals surface area contributed by atoms with Gasteiger partial charge in [-0.15, -0.1) is 0 Å². The molecule has 1 aliphatic carbocycles. The fourth-order valence-electron chi connectivity index (χ4n) is 3.95. The van der Waals surface area contributed by atoms with Crippen molar-refractivity contribution in [1.82, 2.24) is 4.98 Å². The van der Waals surface area contributed by atoms with Crippen LogP contribution in [0.15, 0.2) is 71.3 Å². The molecule has 0 atom stereocenters. The van der Waals surface area contributed by atoms with Crippen LogP contribution in [-0.2, 0) is 17.8 Å². The second-order valence-corrected chi connectivity index (χ2v) is 7.40. The predicted molar refractivity (Wildman–Crippen MR) is 117 cm³/mol. The lowest BCUT2D eigenvalue weighted by molar-refractivity contribution is 0.0474. The number of hydrogen-bond donors (Lipinski definition) is 0. The van der Waals surface area contributed by atoms with Crippen LogP contribution in [0, 0.1) is 11.3 Å². The summed E-state index contributed by atoms with van der Waals surface area (Å²) >= 11 is 0. The summed E-state index contributed by atoms with van der Waals surface area (Å²) in [6, 6.07) is 20.5. The van der Waals surface area contributed by atoms with E-state index in [4.69, 9.17) is 19.4 Å². The molecule has 0 spiro atoms. The van der Waals surface area contributed by atoms with Gasteiger partial charge in [0.05, 0.1) is 34.7 Å². The number of carbonyl (C=O) groups is 1. The van der Waals surface area contributed by atoms with Crippen molar-refractivity contribution in [2.45, 2.75) is 19.4 Å². The van der Waals surface area contributed by atoms with Crippen molar-refractivity contribution in [3.8, 4) is 6.07 Å². The first-order valence-electron chi connectivity index (χ1n) is 10.0. The molecular formula is C26H18N2O3. The lowest BCUT2D eigenvalue weighted by Gasteiger charge is -2.12. The molecule has 5 rings (SSSR count). The highest BCUT2D eigenvalue weighted by Crippen LogP contribution is 2.37. The van der Waals surface area contributed by atoms with Crippen molar-refractivity contribution in [2.24, 2.45) is 0 Å². The van der Waals surface area contributed by atoms with Crippen LogP contribution in [0.4, 0.5) is 0 Å². The van der Waals surface area contributed by atoms with Crippen LogP contribution in [0.2, 0.25) is 0 Å². The molecule has 150 valence electrons. The highest BCUT2D eigenvalue weighted by molar-refractivity contribution is 6.07. The second-order valence-electron chi connectivity index (χ2n) is 7.40. The number of ether oxygens (including phenoxy) is 1. The number of fused-ring (bicyclic) bond motifs is 2. The van der Waals surface area contributed by atoms with Crippen molar-refractivity contribution in [3.05, 3.63) is 101 Å². The van der Waals surface area contributed by atoms with Crippen molar-refractivity contribution < 1.29 is 13.9 Å². The monoisotopic (exact) mass is 406 g/mol. The zero-order valence-electron chi connectivity index (χ0n) is 16.7. The van der Waals surface area contributed by atoms with E-state index in [1.54, 1.807) is 30.5 Å². The average Bonchev–Trinajstić information content (AvgIpc) is 3.47. The van der Waals surface area contributed by atoms with Crippen LogP contribution in [-0.4, -0.2) is 11.0 Å². The van der Waals surface area contributed by atoms with E-state index in [9.17, 15) is 4.79 Å². The van der Waals surface area contributed by atoms with Crippen LogP contribution in [0.25, 0.3) is 22.6 Å². The molecule has 0 unspecified atom stereocenters. The number of pyridine rings is 1. The van der Waals surface area contributed by atoms with Gasteiger partial charge >= 0.3 is 5.97 Å². The maximum Gasteiger partial charge on any atom is 0.339 e. The van der Waals surface area contributed by atoms with E-state index in [2.05, 4.69) is 6.07 Å². The first-order chi connectivity index (χ1) is 15.2. The molecule has 2 aromatic carbocycles. The smallest absolute Gasteiger partial charge is 0.339 e. The number of nitriles is 1. The van der Waals surface area contributed by atoms with Gasteiger partial charge in [0.1, 0.15) is 12.4 Å². The number of nitrogens with zero attached hydrogens (tertiary/aromatic N) is 2. The molecule has 0 bridgehead atoms. The minimum atomic E-state index is -0.363. The SMILES string of the molecule is N#Cc1ccc(COC(=O)c2c3c(nc4ccccc24)C(=Cc2ccco2)CC3)cc1. The van der Waals surface area contributed by atoms with Gasteiger partial charge < -0.3 is 9.15 Å². The number of aromatic nitrogens is 1. The lowest BCUT2D eigenvalue weighted by Crippen LogP contribution is -2.10. The Morgan fingerprint density at radius 1 is 1.10 bits per heavy atom. The van der Waals surface area contributed by atoms with Crippen LogP contribution >= 0.6 is 0 Å². The molecule has 4 aromatic rings. The molecular weight excluding hydrogens is 388 g/mol. The summed E-state index contributed by atoms with van der Waals surface area (Å²) in [5.41, 5.74) is 5.55. The van der Waals surface area contributed by atoms with E-state index in [1.807, 2.05) is 42.5 Å². The highest BCUT2D eigenvalue weighted by Gasteiger charge is 2.27. The van der Waals surface area contributed by atoms with Gasteiger partial charge in [-0.05, 0) is 65.9 Å². The Hall–Kier alpha value is -4.17. The quantitative estimate of drug-likeness (QED) is 0.416. The molecule has 0 saturated carbocycles.